The summed E-state index contributed by atoms with van der Waals surface area (Å²) in [7, 11) is 7.73. The number of aromatic nitrogens is 1. The number of esters is 1. The quantitative estimate of drug-likeness (QED) is 0.0271. The van der Waals surface area contributed by atoms with Crippen LogP contribution in [0.5, 0.6) is 5.75 Å². The number of aromatic amines is 1. The van der Waals surface area contributed by atoms with Gasteiger partial charge in [0.25, 0.3) is 0 Å². The standard InChI is InChI=1S/C60H81N5O14S2/c1-8-56(74)32-37-33-59(54(72)77-7,49-39(19-23-64(34-37)35-56)38-15-10-11-16-42(38)61-49)41-29-40-44(31-46(41)76-6)63(5)52-58(40)21-24-65-22-14-20-57(9-2,51(58)65)53(71)60(52,75)47(67)18-12-25-78-55(73)79-26-28-81-80-27-13-17-45(66)43(30-48(68)69)62-50(70)36(3)4/h10-11,14-16,20,29,31,36-37,43,51-53,61,71,74-75H,8-9,12-13,17-19,21-28,30,32-35H2,1-7H3,(H,62,70)(H,68,69)/t37-,43+,51+,52-,53-,56+,57-,58-,59+,60+/m1/s1. The molecular weight excluding hydrogens is 1080 g/mol. The largest absolute Gasteiger partial charge is 0.508 e. The number of rotatable bonds is 23. The second kappa shape index (κ2) is 24.2. The predicted octanol–water partition coefficient (Wildman–Crippen LogP) is 6.10. The van der Waals surface area contributed by atoms with Gasteiger partial charge in [0.05, 0.1) is 44.9 Å². The molecule has 1 amide bonds. The van der Waals surface area contributed by atoms with Crippen molar-refractivity contribution in [2.24, 2.45) is 17.3 Å². The number of carbonyl (C=O) groups excluding carboxylic acids is 5. The number of ketones is 2. The van der Waals surface area contributed by atoms with Gasteiger partial charge in [0.15, 0.2) is 17.2 Å². The molecule has 19 nitrogen and oxygen atoms in total. The van der Waals surface area contributed by atoms with Crippen LogP contribution in [0.15, 0.2) is 48.6 Å². The fourth-order valence-electron chi connectivity index (χ4n) is 15.2. The maximum Gasteiger partial charge on any atom is 0.508 e. The van der Waals surface area contributed by atoms with E-state index in [1.54, 1.807) is 21.0 Å². The first-order valence-electron chi connectivity index (χ1n) is 28.7. The SMILES string of the molecule is CC[C@]1(O)C[C@H]2CN(CCc3c([nH]c4ccccc34)[C@@](C(=O)OC)(c3cc4c(cc3OC)N(C)[C@H]3[C@@](O)(C(=O)CCCOC(=O)OCCSSCCCC(=O)[C@H](CC(=O)O)NC(=O)C(C)C)[C@H](O)[C@]5(CC)C=CCN6CC[C@]43[C@@H]65)C2)C1. The summed E-state index contributed by atoms with van der Waals surface area (Å²) < 4.78 is 23.1. The maximum absolute atomic E-state index is 15.5. The number of anilines is 1. The summed E-state index contributed by atoms with van der Waals surface area (Å²) in [6, 6.07) is 9.66. The number of carbonyl (C=O) groups is 6. The molecule has 81 heavy (non-hydrogen) atoms. The molecule has 11 atom stereocenters. The molecule has 1 aliphatic carbocycles. The molecule has 2 aromatic carbocycles. The van der Waals surface area contributed by atoms with Gasteiger partial charge in [0, 0.05) is 114 Å². The van der Waals surface area contributed by atoms with Gasteiger partial charge in [0.1, 0.15) is 23.9 Å². The number of hydrogen-bond donors (Lipinski definition) is 6. The minimum absolute atomic E-state index is 0.0290. The third kappa shape index (κ3) is 10.7. The van der Waals surface area contributed by atoms with Crippen molar-refractivity contribution in [2.75, 3.05) is 83.6 Å². The Morgan fingerprint density at radius 3 is 2.38 bits per heavy atom. The first kappa shape index (κ1) is 60.4. The number of nitrogens with zero attached hydrogens (tertiary/aromatic N) is 3. The Labute approximate surface area is 482 Å². The molecule has 2 saturated heterocycles. The average Bonchev–Trinajstić information content (AvgIpc) is 1.63. The third-order valence-corrected chi connectivity index (χ3v) is 21.2. The average molecular weight is 1160 g/mol. The van der Waals surface area contributed by atoms with Crippen LogP contribution in [0.25, 0.3) is 10.9 Å². The Morgan fingerprint density at radius 1 is 0.914 bits per heavy atom. The minimum atomic E-state index is -2.34. The Hall–Kier alpha value is -5.16. The zero-order valence-corrected chi connectivity index (χ0v) is 49.4. The number of aliphatic hydroxyl groups excluding tert-OH is 1. The van der Waals surface area contributed by atoms with Gasteiger partial charge in [-0.3, -0.25) is 33.8 Å². The molecule has 0 radical (unpaired) electrons. The highest BCUT2D eigenvalue weighted by molar-refractivity contribution is 8.76. The van der Waals surface area contributed by atoms with E-state index in [4.69, 9.17) is 18.9 Å². The van der Waals surface area contributed by atoms with Crippen molar-refractivity contribution in [3.8, 4) is 5.75 Å². The van der Waals surface area contributed by atoms with E-state index < -0.39 is 81.9 Å². The van der Waals surface area contributed by atoms with Gasteiger partial charge in [-0.1, -0.05) is 79.6 Å². The summed E-state index contributed by atoms with van der Waals surface area (Å²) >= 11 is 0. The highest BCUT2D eigenvalue weighted by Gasteiger charge is 2.78. The molecule has 6 aliphatic rings. The topological polar surface area (TPSA) is 258 Å². The van der Waals surface area contributed by atoms with Crippen molar-refractivity contribution < 1.29 is 68.1 Å². The molecule has 6 N–H and O–H groups in total. The van der Waals surface area contributed by atoms with Gasteiger partial charge < -0.3 is 54.6 Å². The van der Waals surface area contributed by atoms with Crippen molar-refractivity contribution in [3.05, 3.63) is 70.9 Å². The number of Topliss-reactive ketones (excluding diaryl/α,β-unsaturated/α-hetero) is 2. The summed E-state index contributed by atoms with van der Waals surface area (Å²) in [5.41, 5.74) is -2.11. The number of aliphatic carboxylic acids is 1. The van der Waals surface area contributed by atoms with Crippen molar-refractivity contribution in [1.82, 2.24) is 20.1 Å². The number of piperidine rings is 1. The number of carboxylic acids is 1. The lowest BCUT2D eigenvalue weighted by molar-refractivity contribution is -0.202. The van der Waals surface area contributed by atoms with Gasteiger partial charge in [-0.05, 0) is 87.1 Å². The molecule has 1 spiro atoms. The van der Waals surface area contributed by atoms with E-state index in [1.165, 1.54) is 28.7 Å². The van der Waals surface area contributed by atoms with Crippen LogP contribution in [0.1, 0.15) is 114 Å². The van der Waals surface area contributed by atoms with Gasteiger partial charge in [-0.15, -0.1) is 0 Å². The molecule has 2 bridgehead atoms. The number of benzene rings is 2. The van der Waals surface area contributed by atoms with Crippen molar-refractivity contribution in [2.45, 2.75) is 145 Å². The lowest BCUT2D eigenvalue weighted by Crippen LogP contribution is -2.80. The Bertz CT molecular complexity index is 2920. The lowest BCUT2D eigenvalue weighted by Gasteiger charge is -2.63. The number of para-hydroxylation sites is 1. The summed E-state index contributed by atoms with van der Waals surface area (Å²) in [4.78, 5) is 90.0. The predicted molar refractivity (Wildman–Crippen MR) is 309 cm³/mol. The molecule has 9 rings (SSSR count). The molecule has 1 saturated carbocycles. The molecule has 21 heteroatoms. The van der Waals surface area contributed by atoms with Crippen LogP contribution in [0.4, 0.5) is 10.5 Å². The zero-order valence-electron chi connectivity index (χ0n) is 47.8. The van der Waals surface area contributed by atoms with Gasteiger partial charge in [-0.25, -0.2) is 4.79 Å². The Morgan fingerprint density at radius 2 is 1.67 bits per heavy atom. The fraction of sp³-hybridized carbons (Fsp3) is 0.633. The molecule has 1 unspecified atom stereocenters. The van der Waals surface area contributed by atoms with Crippen LogP contribution in [0.3, 0.4) is 0 Å². The number of carboxylic acid groups (broad SMARTS) is 1. The number of likely N-dealkylation sites (N-methyl/N-ethyl adjacent to an activating group) is 1. The van der Waals surface area contributed by atoms with Crippen LogP contribution in [0, 0.1) is 17.3 Å². The van der Waals surface area contributed by atoms with E-state index in [1.807, 2.05) is 62.2 Å². The first-order chi connectivity index (χ1) is 38.7. The van der Waals surface area contributed by atoms with E-state index in [0.717, 1.165) is 22.0 Å². The number of amides is 1. The molecule has 3 fully saturated rings. The second-order valence-electron chi connectivity index (χ2n) is 23.6. The van der Waals surface area contributed by atoms with E-state index in [2.05, 4.69) is 32.2 Å². The molecule has 1 aromatic heterocycles. The number of aliphatic hydroxyl groups is 3. The van der Waals surface area contributed by atoms with Crippen LogP contribution >= 0.6 is 21.6 Å². The number of fused-ring (bicyclic) bond motifs is 6. The zero-order chi connectivity index (χ0) is 58.2. The highest BCUT2D eigenvalue weighted by Crippen LogP contribution is 2.68. The van der Waals surface area contributed by atoms with E-state index >= 15 is 9.59 Å². The van der Waals surface area contributed by atoms with Crippen molar-refractivity contribution >= 4 is 73.7 Å². The van der Waals surface area contributed by atoms with Crippen LogP contribution < -0.4 is 15.0 Å². The fourth-order valence-corrected chi connectivity index (χ4v) is 17.1. The number of methoxy groups -OCH3 is 2. The molecule has 442 valence electrons. The summed E-state index contributed by atoms with van der Waals surface area (Å²) in [5.74, 6) is -2.11. The van der Waals surface area contributed by atoms with E-state index in [9.17, 15) is 39.6 Å². The lowest BCUT2D eigenvalue weighted by atomic mass is 9.47. The first-order valence-corrected chi connectivity index (χ1v) is 31.2. The maximum atomic E-state index is 15.5. The number of ether oxygens (including phenoxy) is 4. The monoisotopic (exact) mass is 1160 g/mol. The molecule has 3 aromatic rings. The highest BCUT2D eigenvalue weighted by atomic mass is 33.1. The Kier molecular flexibility index (Phi) is 18.1. The van der Waals surface area contributed by atoms with Crippen LogP contribution in [0.2, 0.25) is 0 Å². The normalized spacial score (nSPS) is 30.5. The van der Waals surface area contributed by atoms with Crippen molar-refractivity contribution in [3.63, 3.8) is 0 Å². The summed E-state index contributed by atoms with van der Waals surface area (Å²) in [5, 5.41) is 51.4. The molecule has 5 aliphatic heterocycles. The molecular formula is C60H81N5O14S2. The minimum Gasteiger partial charge on any atom is -0.496 e. The van der Waals surface area contributed by atoms with E-state index in [0.29, 0.717) is 112 Å². The Balaban J connectivity index is 0.954. The smallest absolute Gasteiger partial charge is 0.496 e. The molecule has 6 heterocycles. The van der Waals surface area contributed by atoms with Gasteiger partial charge >= 0.3 is 18.1 Å². The summed E-state index contributed by atoms with van der Waals surface area (Å²) in [6.45, 7) is 10.3. The van der Waals surface area contributed by atoms with Gasteiger partial charge in [0.2, 0.25) is 5.91 Å². The number of H-pyrrole nitrogens is 1. The third-order valence-electron chi connectivity index (χ3n) is 18.8. The number of nitrogens with one attached hydrogen (secondary N) is 2. The second-order valence-corrected chi connectivity index (χ2v) is 26.3. The summed E-state index contributed by atoms with van der Waals surface area (Å²) in [6.07, 6.45) is 4.33. The van der Waals surface area contributed by atoms with Crippen LogP contribution in [-0.2, 0) is 55.4 Å². The van der Waals surface area contributed by atoms with Gasteiger partial charge in [-0.2, -0.15) is 0 Å². The van der Waals surface area contributed by atoms with E-state index in [-0.39, 0.29) is 56.1 Å². The van der Waals surface area contributed by atoms with Crippen LogP contribution in [-0.4, -0.2) is 185 Å². The van der Waals surface area contributed by atoms with Crippen molar-refractivity contribution in [1.29, 1.82) is 0 Å². The number of hydrogen-bond acceptors (Lipinski definition) is 18.